The Morgan fingerprint density at radius 3 is 2.39 bits per heavy atom. The zero-order valence-corrected chi connectivity index (χ0v) is 15.3. The maximum Gasteiger partial charge on any atom is 0.326 e. The molecule has 0 saturated carbocycles. The van der Waals surface area contributed by atoms with Gasteiger partial charge in [-0.2, -0.15) is 0 Å². The van der Waals surface area contributed by atoms with Crippen molar-refractivity contribution < 1.29 is 33.1 Å². The minimum atomic E-state index is -0.808. The molecule has 2 rings (SSSR count). The molecule has 0 bridgehead atoms. The van der Waals surface area contributed by atoms with Crippen LogP contribution in [0.2, 0.25) is 0 Å². The van der Waals surface area contributed by atoms with Crippen molar-refractivity contribution in [3.63, 3.8) is 0 Å². The molecule has 2 aromatic rings. The van der Waals surface area contributed by atoms with Crippen LogP contribution in [0.15, 0.2) is 53.1 Å². The van der Waals surface area contributed by atoms with Crippen molar-refractivity contribution in [3.05, 3.63) is 54.5 Å². The van der Waals surface area contributed by atoms with Crippen molar-refractivity contribution in [3.8, 4) is 0 Å². The molecule has 0 unspecified atom stereocenters. The molecule has 148 valence electrons. The molecule has 9 heteroatoms. The van der Waals surface area contributed by atoms with Crippen molar-refractivity contribution in [1.82, 2.24) is 5.32 Å². The first-order valence-electron chi connectivity index (χ1n) is 8.49. The second-order valence-corrected chi connectivity index (χ2v) is 5.44. The normalized spacial score (nSPS) is 10.0. The van der Waals surface area contributed by atoms with E-state index < -0.39 is 36.9 Å². The Hall–Kier alpha value is -3.62. The number of furan rings is 1. The number of para-hydroxylation sites is 1. The zero-order chi connectivity index (χ0) is 20.4. The number of hydrogen-bond donors (Lipinski definition) is 1. The van der Waals surface area contributed by atoms with Crippen LogP contribution in [0.4, 0.5) is 5.69 Å². The molecule has 2 amide bonds. The quantitative estimate of drug-likeness (QED) is 0.641. The lowest BCUT2D eigenvalue weighted by Crippen LogP contribution is -2.40. The number of ether oxygens (including phenoxy) is 2. The predicted octanol–water partition coefficient (Wildman–Crippen LogP) is 1.15. The molecule has 0 saturated heterocycles. The molecule has 1 aromatic heterocycles. The van der Waals surface area contributed by atoms with Crippen molar-refractivity contribution >= 4 is 29.4 Å². The van der Waals surface area contributed by atoms with E-state index >= 15 is 0 Å². The molecule has 0 aliphatic carbocycles. The Morgan fingerprint density at radius 2 is 1.75 bits per heavy atom. The highest BCUT2D eigenvalue weighted by atomic mass is 16.5. The monoisotopic (exact) mass is 388 g/mol. The Balaban J connectivity index is 1.88. The Bertz CT molecular complexity index is 803. The van der Waals surface area contributed by atoms with E-state index in [0.717, 1.165) is 4.90 Å². The lowest BCUT2D eigenvalue weighted by molar-refractivity contribution is -0.147. The number of nitrogens with zero attached hydrogens (tertiary/aromatic N) is 1. The van der Waals surface area contributed by atoms with Gasteiger partial charge in [0.2, 0.25) is 0 Å². The fourth-order valence-corrected chi connectivity index (χ4v) is 2.19. The van der Waals surface area contributed by atoms with Gasteiger partial charge in [0.05, 0.1) is 12.9 Å². The van der Waals surface area contributed by atoms with E-state index in [1.54, 1.807) is 37.3 Å². The van der Waals surface area contributed by atoms with Crippen LogP contribution in [0.25, 0.3) is 0 Å². The Labute approximate surface area is 161 Å². The van der Waals surface area contributed by atoms with E-state index in [0.29, 0.717) is 5.69 Å². The number of esters is 2. The molecular weight excluding hydrogens is 368 g/mol. The van der Waals surface area contributed by atoms with E-state index in [4.69, 9.17) is 13.9 Å². The molecule has 0 fully saturated rings. The van der Waals surface area contributed by atoms with Crippen LogP contribution >= 0.6 is 0 Å². The van der Waals surface area contributed by atoms with Crippen molar-refractivity contribution in [2.75, 3.05) is 31.2 Å². The summed E-state index contributed by atoms with van der Waals surface area (Å²) in [5.41, 5.74) is 0.461. The molecule has 1 aromatic carbocycles. The van der Waals surface area contributed by atoms with E-state index in [9.17, 15) is 19.2 Å². The number of benzene rings is 1. The van der Waals surface area contributed by atoms with Crippen molar-refractivity contribution in [2.24, 2.45) is 0 Å². The molecule has 1 N–H and O–H groups in total. The van der Waals surface area contributed by atoms with Gasteiger partial charge in [0.15, 0.2) is 12.4 Å². The van der Waals surface area contributed by atoms with Crippen molar-refractivity contribution in [1.29, 1.82) is 0 Å². The Morgan fingerprint density at radius 1 is 1.00 bits per heavy atom. The average molecular weight is 388 g/mol. The van der Waals surface area contributed by atoms with E-state index in [-0.39, 0.29) is 18.9 Å². The number of nitrogens with one attached hydrogen (secondary N) is 1. The van der Waals surface area contributed by atoms with Gasteiger partial charge in [-0.1, -0.05) is 18.2 Å². The number of carbonyl (C=O) groups excluding carboxylic acids is 4. The Kier molecular flexibility index (Phi) is 7.77. The van der Waals surface area contributed by atoms with Gasteiger partial charge in [0, 0.05) is 5.69 Å². The third-order valence-corrected chi connectivity index (χ3v) is 3.46. The van der Waals surface area contributed by atoms with Crippen molar-refractivity contribution in [2.45, 2.75) is 6.92 Å². The van der Waals surface area contributed by atoms with Gasteiger partial charge in [0.25, 0.3) is 11.8 Å². The van der Waals surface area contributed by atoms with Crippen LogP contribution in [0.1, 0.15) is 17.5 Å². The maximum atomic E-state index is 12.5. The molecule has 0 spiro atoms. The zero-order valence-electron chi connectivity index (χ0n) is 15.3. The summed E-state index contributed by atoms with van der Waals surface area (Å²) in [5.74, 6) is -2.53. The second kappa shape index (κ2) is 10.5. The summed E-state index contributed by atoms with van der Waals surface area (Å²) in [4.78, 5) is 48.9. The number of carbonyl (C=O) groups is 4. The van der Waals surface area contributed by atoms with Gasteiger partial charge < -0.3 is 19.2 Å². The van der Waals surface area contributed by atoms with Gasteiger partial charge in [-0.25, -0.2) is 0 Å². The van der Waals surface area contributed by atoms with Crippen LogP contribution in [0.3, 0.4) is 0 Å². The molecule has 1 heterocycles. The molecule has 0 aliphatic rings. The van der Waals surface area contributed by atoms with Gasteiger partial charge in [-0.15, -0.1) is 0 Å². The minimum absolute atomic E-state index is 0.0496. The first kappa shape index (κ1) is 20.7. The highest BCUT2D eigenvalue weighted by Crippen LogP contribution is 2.13. The fourth-order valence-electron chi connectivity index (χ4n) is 2.19. The molecule has 28 heavy (non-hydrogen) atoms. The highest BCUT2D eigenvalue weighted by Gasteiger charge is 2.21. The van der Waals surface area contributed by atoms with Crippen LogP contribution in [0.5, 0.6) is 0 Å². The summed E-state index contributed by atoms with van der Waals surface area (Å²) in [7, 11) is 0. The molecular formula is C19H20N2O7. The van der Waals surface area contributed by atoms with Gasteiger partial charge >= 0.3 is 11.9 Å². The molecule has 0 atom stereocenters. The SMILES string of the molecule is CCOC(=O)CN(C(=O)COC(=O)CNC(=O)c1ccco1)c1ccccc1. The summed E-state index contributed by atoms with van der Waals surface area (Å²) in [6.45, 7) is 0.495. The topological polar surface area (TPSA) is 115 Å². The lowest BCUT2D eigenvalue weighted by atomic mass is 10.3. The summed E-state index contributed by atoms with van der Waals surface area (Å²) in [6, 6.07) is 11.4. The van der Waals surface area contributed by atoms with Gasteiger partial charge in [0.1, 0.15) is 13.1 Å². The van der Waals surface area contributed by atoms with Crippen LogP contribution in [-0.4, -0.2) is 50.1 Å². The third kappa shape index (κ3) is 6.27. The molecule has 0 aliphatic heterocycles. The average Bonchev–Trinajstić information content (AvgIpc) is 3.24. The fraction of sp³-hybridized carbons (Fsp3) is 0.263. The predicted molar refractivity (Wildman–Crippen MR) is 97.4 cm³/mol. The number of amides is 2. The van der Waals surface area contributed by atoms with E-state index in [2.05, 4.69) is 5.32 Å². The standard InChI is InChI=1S/C19H20N2O7/c1-2-26-18(24)12-21(14-7-4-3-5-8-14)16(22)13-28-17(23)11-20-19(25)15-9-6-10-27-15/h3-10H,2,11-13H2,1H3,(H,20,25). The lowest BCUT2D eigenvalue weighted by Gasteiger charge is -2.21. The molecule has 0 radical (unpaired) electrons. The van der Waals surface area contributed by atoms with Crippen LogP contribution < -0.4 is 10.2 Å². The largest absolute Gasteiger partial charge is 0.465 e. The third-order valence-electron chi connectivity index (χ3n) is 3.46. The van der Waals surface area contributed by atoms with Gasteiger partial charge in [-0.3, -0.25) is 24.1 Å². The summed E-state index contributed by atoms with van der Waals surface area (Å²) in [6.07, 6.45) is 1.33. The second-order valence-electron chi connectivity index (χ2n) is 5.44. The summed E-state index contributed by atoms with van der Waals surface area (Å²) in [5, 5.41) is 2.31. The van der Waals surface area contributed by atoms with E-state index in [1.165, 1.54) is 18.4 Å². The van der Waals surface area contributed by atoms with Crippen LogP contribution in [-0.2, 0) is 23.9 Å². The van der Waals surface area contributed by atoms with Crippen LogP contribution in [0, 0.1) is 0 Å². The first-order chi connectivity index (χ1) is 13.5. The number of hydrogen-bond acceptors (Lipinski definition) is 7. The number of rotatable bonds is 9. The summed E-state index contributed by atoms with van der Waals surface area (Å²) < 4.78 is 14.7. The highest BCUT2D eigenvalue weighted by molar-refractivity contribution is 5.99. The molecule has 9 nitrogen and oxygen atoms in total. The first-order valence-corrected chi connectivity index (χ1v) is 8.49. The maximum absolute atomic E-state index is 12.5. The smallest absolute Gasteiger partial charge is 0.326 e. The number of anilines is 1. The van der Waals surface area contributed by atoms with E-state index in [1.807, 2.05) is 0 Å². The van der Waals surface area contributed by atoms with Gasteiger partial charge in [-0.05, 0) is 31.2 Å². The summed E-state index contributed by atoms with van der Waals surface area (Å²) >= 11 is 0. The minimum Gasteiger partial charge on any atom is -0.465 e.